The van der Waals surface area contributed by atoms with E-state index in [4.69, 9.17) is 4.74 Å². The molecule has 1 aliphatic heterocycles. The van der Waals surface area contributed by atoms with Crippen LogP contribution in [-0.2, 0) is 37.4 Å². The number of carbonyl (C=O) groups excluding carboxylic acids is 2. The highest BCUT2D eigenvalue weighted by Crippen LogP contribution is 2.28. The molecule has 182 valence electrons. The van der Waals surface area contributed by atoms with Crippen LogP contribution in [0.4, 0.5) is 0 Å². The lowest BCUT2D eigenvalue weighted by molar-refractivity contribution is -0.126. The van der Waals surface area contributed by atoms with E-state index in [0.717, 1.165) is 11.1 Å². The topological polar surface area (TPSA) is 92.8 Å². The summed E-state index contributed by atoms with van der Waals surface area (Å²) in [5, 5.41) is 2.74. The summed E-state index contributed by atoms with van der Waals surface area (Å²) in [5.41, 5.74) is 1.86. The summed E-state index contributed by atoms with van der Waals surface area (Å²) in [7, 11) is -3.95. The van der Waals surface area contributed by atoms with Gasteiger partial charge >= 0.3 is 0 Å². The normalized spacial score (nSPS) is 19.2. The lowest BCUT2D eigenvalue weighted by atomic mass is 10.1. The van der Waals surface area contributed by atoms with E-state index in [0.29, 0.717) is 19.3 Å². The summed E-state index contributed by atoms with van der Waals surface area (Å²) in [6.07, 6.45) is 0.733. The molecule has 1 saturated heterocycles. The van der Waals surface area contributed by atoms with Crippen molar-refractivity contribution < 1.29 is 22.7 Å². The summed E-state index contributed by atoms with van der Waals surface area (Å²) in [5.74, 6) is -0.511. The predicted octanol–water partition coefficient (Wildman–Crippen LogP) is 2.96. The van der Waals surface area contributed by atoms with Crippen molar-refractivity contribution in [2.45, 2.75) is 42.5 Å². The van der Waals surface area contributed by atoms with Crippen molar-refractivity contribution in [2.75, 3.05) is 6.54 Å². The molecule has 3 aromatic rings. The molecule has 4 rings (SSSR count). The average Bonchev–Trinajstić information content (AvgIpc) is 3.34. The number of hydrogen-bond donors (Lipinski definition) is 1. The van der Waals surface area contributed by atoms with Gasteiger partial charge in [-0.3, -0.25) is 4.79 Å². The van der Waals surface area contributed by atoms with E-state index in [1.54, 1.807) is 18.2 Å². The summed E-state index contributed by atoms with van der Waals surface area (Å²) in [6, 6.07) is 25.2. The van der Waals surface area contributed by atoms with Crippen LogP contribution in [0, 0.1) is 0 Å². The molecule has 8 heteroatoms. The molecule has 1 heterocycles. The van der Waals surface area contributed by atoms with Crippen LogP contribution >= 0.6 is 0 Å². The number of aldehydes is 1. The molecular formula is C27H28N2O5S. The minimum atomic E-state index is -3.95. The number of rotatable bonds is 10. The van der Waals surface area contributed by atoms with Gasteiger partial charge in [-0.1, -0.05) is 78.9 Å². The van der Waals surface area contributed by atoms with Crippen LogP contribution < -0.4 is 5.32 Å². The molecule has 0 aliphatic carbocycles. The fraction of sp³-hybridized carbons (Fsp3) is 0.259. The van der Waals surface area contributed by atoms with E-state index in [1.807, 2.05) is 60.7 Å². The Kier molecular flexibility index (Phi) is 8.07. The molecule has 35 heavy (non-hydrogen) atoms. The fourth-order valence-corrected chi connectivity index (χ4v) is 5.84. The van der Waals surface area contributed by atoms with Gasteiger partial charge in [0.15, 0.2) is 0 Å². The number of nitrogens with one attached hydrogen (secondary N) is 1. The standard InChI is InChI=1S/C27H28N2O5S/c30-19-23(16-21-10-4-1-5-11-21)28-27(31)26-17-24(34-20-22-12-6-2-7-13-22)18-29(26)35(32,33)25-14-8-3-9-15-25/h1-15,19,23-24,26H,16-18,20H2,(H,28,31)/t23-,24+,26-/m0/s1. The lowest BCUT2D eigenvalue weighted by Gasteiger charge is -2.24. The van der Waals surface area contributed by atoms with Gasteiger partial charge in [0.1, 0.15) is 12.3 Å². The molecule has 3 atom stereocenters. The molecule has 1 N–H and O–H groups in total. The molecule has 1 aliphatic rings. The van der Waals surface area contributed by atoms with E-state index < -0.39 is 34.1 Å². The Balaban J connectivity index is 1.52. The lowest BCUT2D eigenvalue weighted by Crippen LogP contribution is -2.49. The first-order valence-corrected chi connectivity index (χ1v) is 12.9. The highest BCUT2D eigenvalue weighted by molar-refractivity contribution is 7.89. The van der Waals surface area contributed by atoms with Crippen molar-refractivity contribution in [3.05, 3.63) is 102 Å². The second-order valence-electron chi connectivity index (χ2n) is 8.50. The van der Waals surface area contributed by atoms with Gasteiger partial charge in [0, 0.05) is 13.0 Å². The zero-order valence-electron chi connectivity index (χ0n) is 19.2. The Labute approximate surface area is 205 Å². The van der Waals surface area contributed by atoms with Crippen LogP contribution in [0.2, 0.25) is 0 Å². The van der Waals surface area contributed by atoms with Gasteiger partial charge in [-0.25, -0.2) is 8.42 Å². The van der Waals surface area contributed by atoms with Crippen molar-refractivity contribution >= 4 is 22.2 Å². The molecule has 1 amide bonds. The number of nitrogens with zero attached hydrogens (tertiary/aromatic N) is 1. The molecule has 0 aromatic heterocycles. The van der Waals surface area contributed by atoms with E-state index in [9.17, 15) is 18.0 Å². The minimum Gasteiger partial charge on any atom is -0.372 e. The van der Waals surface area contributed by atoms with E-state index in [2.05, 4.69) is 5.32 Å². The van der Waals surface area contributed by atoms with E-state index in [1.165, 1.54) is 16.4 Å². The van der Waals surface area contributed by atoms with Crippen LogP contribution in [0.25, 0.3) is 0 Å². The Bertz CT molecular complexity index is 1220. The van der Waals surface area contributed by atoms with Crippen LogP contribution in [0.3, 0.4) is 0 Å². The Morgan fingerprint density at radius 3 is 2.11 bits per heavy atom. The second-order valence-corrected chi connectivity index (χ2v) is 10.4. The maximum absolute atomic E-state index is 13.4. The third-order valence-electron chi connectivity index (χ3n) is 5.99. The maximum atomic E-state index is 13.4. The van der Waals surface area contributed by atoms with Gasteiger partial charge in [0.2, 0.25) is 15.9 Å². The Morgan fingerprint density at radius 2 is 1.51 bits per heavy atom. The van der Waals surface area contributed by atoms with Crippen LogP contribution in [0.1, 0.15) is 17.5 Å². The van der Waals surface area contributed by atoms with Crippen LogP contribution in [0.15, 0.2) is 95.9 Å². The van der Waals surface area contributed by atoms with Gasteiger partial charge in [-0.15, -0.1) is 0 Å². The highest BCUT2D eigenvalue weighted by atomic mass is 32.2. The average molecular weight is 493 g/mol. The van der Waals surface area contributed by atoms with E-state index >= 15 is 0 Å². The number of benzene rings is 3. The number of carbonyl (C=O) groups is 2. The largest absolute Gasteiger partial charge is 0.372 e. The number of amides is 1. The first-order chi connectivity index (χ1) is 17.0. The molecule has 0 unspecified atom stereocenters. The number of hydrogen-bond acceptors (Lipinski definition) is 5. The van der Waals surface area contributed by atoms with Crippen molar-refractivity contribution in [3.8, 4) is 0 Å². The van der Waals surface area contributed by atoms with Gasteiger partial charge in [0.05, 0.1) is 23.6 Å². The third-order valence-corrected chi connectivity index (χ3v) is 7.88. The summed E-state index contributed by atoms with van der Waals surface area (Å²) >= 11 is 0. The van der Waals surface area contributed by atoms with Crippen molar-refractivity contribution in [1.29, 1.82) is 0 Å². The van der Waals surface area contributed by atoms with Gasteiger partial charge in [-0.2, -0.15) is 4.31 Å². The Hall–Kier alpha value is -3.33. The molecule has 0 saturated carbocycles. The van der Waals surface area contributed by atoms with Gasteiger partial charge < -0.3 is 14.8 Å². The molecule has 7 nitrogen and oxygen atoms in total. The minimum absolute atomic E-state index is 0.0482. The SMILES string of the molecule is O=C[C@H](Cc1ccccc1)NC(=O)[C@@H]1C[C@@H](OCc2ccccc2)CN1S(=O)(=O)c1ccccc1. The first-order valence-electron chi connectivity index (χ1n) is 11.5. The van der Waals surface area contributed by atoms with Crippen molar-refractivity contribution in [2.24, 2.45) is 0 Å². The second kappa shape index (κ2) is 11.4. The summed E-state index contributed by atoms with van der Waals surface area (Å²) in [4.78, 5) is 25.1. The maximum Gasteiger partial charge on any atom is 0.243 e. The smallest absolute Gasteiger partial charge is 0.243 e. The predicted molar refractivity (Wildman–Crippen MR) is 132 cm³/mol. The van der Waals surface area contributed by atoms with E-state index in [-0.39, 0.29) is 17.9 Å². The van der Waals surface area contributed by atoms with Crippen LogP contribution in [0.5, 0.6) is 0 Å². The number of ether oxygens (including phenoxy) is 1. The molecular weight excluding hydrogens is 464 g/mol. The quantitative estimate of drug-likeness (QED) is 0.440. The third kappa shape index (κ3) is 6.22. The molecule has 0 radical (unpaired) electrons. The van der Waals surface area contributed by atoms with Crippen molar-refractivity contribution in [3.63, 3.8) is 0 Å². The monoisotopic (exact) mass is 492 g/mol. The molecule has 0 spiro atoms. The fourth-order valence-electron chi connectivity index (χ4n) is 4.19. The zero-order valence-corrected chi connectivity index (χ0v) is 20.0. The zero-order chi connectivity index (χ0) is 24.7. The molecule has 0 bridgehead atoms. The van der Waals surface area contributed by atoms with Crippen molar-refractivity contribution in [1.82, 2.24) is 9.62 Å². The Morgan fingerprint density at radius 1 is 0.943 bits per heavy atom. The molecule has 1 fully saturated rings. The summed E-state index contributed by atoms with van der Waals surface area (Å²) < 4.78 is 34.1. The molecule has 3 aromatic carbocycles. The van der Waals surface area contributed by atoms with Gasteiger partial charge in [0.25, 0.3) is 0 Å². The number of sulfonamides is 1. The first kappa shape index (κ1) is 24.8. The van der Waals surface area contributed by atoms with Gasteiger partial charge in [-0.05, 0) is 29.7 Å². The van der Waals surface area contributed by atoms with Crippen LogP contribution in [-0.4, -0.2) is 49.6 Å². The summed E-state index contributed by atoms with van der Waals surface area (Å²) in [6.45, 7) is 0.358. The highest BCUT2D eigenvalue weighted by Gasteiger charge is 2.44.